The van der Waals surface area contributed by atoms with E-state index in [9.17, 15) is 13.2 Å². The summed E-state index contributed by atoms with van der Waals surface area (Å²) < 4.78 is 38.4. The van der Waals surface area contributed by atoms with Gasteiger partial charge in [-0.2, -0.15) is 13.2 Å². The van der Waals surface area contributed by atoms with E-state index in [1.807, 2.05) is 12.1 Å². The van der Waals surface area contributed by atoms with E-state index in [-0.39, 0.29) is 5.57 Å². The molecule has 0 amide bonds. The molecule has 4 heteroatoms. The summed E-state index contributed by atoms with van der Waals surface area (Å²) in [4.78, 5) is 0. The van der Waals surface area contributed by atoms with E-state index < -0.39 is 18.7 Å². The Bertz CT molecular complexity index is 435. The van der Waals surface area contributed by atoms with Gasteiger partial charge in [0.25, 0.3) is 0 Å². The number of benzene rings is 1. The van der Waals surface area contributed by atoms with Crippen LogP contribution in [-0.2, 0) is 6.42 Å². The molecule has 0 radical (unpaired) electrons. The highest BCUT2D eigenvalue weighted by Gasteiger charge is 2.42. The fraction of sp³-hybridized carbons (Fsp3) is 0.385. The van der Waals surface area contributed by atoms with Gasteiger partial charge >= 0.3 is 6.18 Å². The van der Waals surface area contributed by atoms with Crippen LogP contribution in [0.1, 0.15) is 17.5 Å². The van der Waals surface area contributed by atoms with Crippen LogP contribution in [-0.4, -0.2) is 17.9 Å². The molecule has 0 fully saturated rings. The molecule has 0 aliphatic heterocycles. The molecule has 1 nitrogen and oxygen atoms in total. The highest BCUT2D eigenvalue weighted by Crippen LogP contribution is 2.40. The number of hydrogen-bond acceptors (Lipinski definition) is 1. The molecule has 0 aromatic heterocycles. The Morgan fingerprint density at radius 1 is 1.24 bits per heavy atom. The molecule has 1 aromatic rings. The van der Waals surface area contributed by atoms with Gasteiger partial charge in [0.05, 0.1) is 6.61 Å². The second kappa shape index (κ2) is 4.53. The maximum atomic E-state index is 12.8. The lowest BCUT2D eigenvalue weighted by Gasteiger charge is -2.25. The number of allylic oxidation sites excluding steroid dienone is 1. The number of aryl methyl sites for hydroxylation is 1. The van der Waals surface area contributed by atoms with Crippen LogP contribution in [0.5, 0.6) is 0 Å². The van der Waals surface area contributed by atoms with E-state index in [1.54, 1.807) is 18.2 Å². The van der Waals surface area contributed by atoms with Gasteiger partial charge < -0.3 is 5.11 Å². The smallest absolute Gasteiger partial charge is 0.395 e. The molecule has 1 unspecified atom stereocenters. The van der Waals surface area contributed by atoms with Crippen molar-refractivity contribution in [2.45, 2.75) is 19.0 Å². The van der Waals surface area contributed by atoms with Crippen LogP contribution in [0.4, 0.5) is 13.2 Å². The molecule has 0 spiro atoms. The number of aliphatic hydroxyl groups is 1. The zero-order valence-corrected chi connectivity index (χ0v) is 9.17. The van der Waals surface area contributed by atoms with Gasteiger partial charge in [-0.25, -0.2) is 0 Å². The van der Waals surface area contributed by atoms with Crippen molar-refractivity contribution in [2.24, 2.45) is 5.92 Å². The third-order valence-corrected chi connectivity index (χ3v) is 3.06. The molecule has 1 aromatic carbocycles. The fourth-order valence-electron chi connectivity index (χ4n) is 2.22. The third-order valence-electron chi connectivity index (χ3n) is 3.06. The van der Waals surface area contributed by atoms with E-state index in [0.29, 0.717) is 12.0 Å². The Morgan fingerprint density at radius 2 is 1.94 bits per heavy atom. The van der Waals surface area contributed by atoms with Crippen molar-refractivity contribution in [3.05, 3.63) is 41.5 Å². The maximum Gasteiger partial charge on any atom is 0.397 e. The Morgan fingerprint density at radius 3 is 2.59 bits per heavy atom. The predicted molar refractivity (Wildman–Crippen MR) is 59.4 cm³/mol. The van der Waals surface area contributed by atoms with Crippen molar-refractivity contribution in [1.29, 1.82) is 0 Å². The minimum absolute atomic E-state index is 0.210. The molecule has 92 valence electrons. The van der Waals surface area contributed by atoms with Crippen LogP contribution in [0.25, 0.3) is 5.57 Å². The summed E-state index contributed by atoms with van der Waals surface area (Å²) in [6, 6.07) is 7.08. The van der Waals surface area contributed by atoms with E-state index >= 15 is 0 Å². The highest BCUT2D eigenvalue weighted by molar-refractivity contribution is 5.72. The number of alkyl halides is 3. The molecular formula is C13H13F3O. The molecular weight excluding hydrogens is 229 g/mol. The summed E-state index contributed by atoms with van der Waals surface area (Å²) in [5.41, 5.74) is 1.75. The van der Waals surface area contributed by atoms with E-state index in [2.05, 4.69) is 0 Å². The first kappa shape index (κ1) is 12.2. The monoisotopic (exact) mass is 242 g/mol. The average Bonchev–Trinajstić information content (AvgIpc) is 2.28. The summed E-state index contributed by atoms with van der Waals surface area (Å²) in [7, 11) is 0. The Labute approximate surface area is 97.6 Å². The molecule has 0 heterocycles. The molecule has 2 rings (SSSR count). The van der Waals surface area contributed by atoms with Crippen molar-refractivity contribution in [3.63, 3.8) is 0 Å². The first-order valence-corrected chi connectivity index (χ1v) is 5.50. The van der Waals surface area contributed by atoms with E-state index in [4.69, 9.17) is 5.11 Å². The van der Waals surface area contributed by atoms with Gasteiger partial charge in [0.1, 0.15) is 5.92 Å². The lowest BCUT2D eigenvalue weighted by atomic mass is 9.84. The number of rotatable bonds is 2. The van der Waals surface area contributed by atoms with Gasteiger partial charge in [0.2, 0.25) is 0 Å². The van der Waals surface area contributed by atoms with Gasteiger partial charge in [-0.15, -0.1) is 0 Å². The quantitative estimate of drug-likeness (QED) is 0.844. The van der Waals surface area contributed by atoms with Crippen LogP contribution in [0.3, 0.4) is 0 Å². The number of fused-ring (bicyclic) bond motifs is 1. The number of hydrogen-bond donors (Lipinski definition) is 1. The molecule has 0 saturated carbocycles. The number of aliphatic hydroxyl groups excluding tert-OH is 1. The van der Waals surface area contributed by atoms with Crippen molar-refractivity contribution in [3.8, 4) is 0 Å². The first-order valence-electron chi connectivity index (χ1n) is 5.50. The van der Waals surface area contributed by atoms with Crippen molar-refractivity contribution in [1.82, 2.24) is 0 Å². The summed E-state index contributed by atoms with van der Waals surface area (Å²) >= 11 is 0. The molecule has 1 aliphatic carbocycles. The Kier molecular flexibility index (Phi) is 3.24. The fourth-order valence-corrected chi connectivity index (χ4v) is 2.22. The zero-order chi connectivity index (χ0) is 12.5. The predicted octanol–water partition coefficient (Wildman–Crippen LogP) is 3.19. The normalized spacial score (nSPS) is 17.3. The van der Waals surface area contributed by atoms with Crippen LogP contribution < -0.4 is 0 Å². The third kappa shape index (κ3) is 2.36. The molecule has 1 atom stereocenters. The van der Waals surface area contributed by atoms with Crippen molar-refractivity contribution >= 4 is 5.57 Å². The lowest BCUT2D eigenvalue weighted by molar-refractivity contribution is -0.166. The van der Waals surface area contributed by atoms with Crippen molar-refractivity contribution in [2.75, 3.05) is 6.61 Å². The average molecular weight is 242 g/mol. The summed E-state index contributed by atoms with van der Waals surface area (Å²) in [5.74, 6) is -1.77. The topological polar surface area (TPSA) is 20.2 Å². The Balaban J connectivity index is 2.42. The summed E-state index contributed by atoms with van der Waals surface area (Å²) in [6.45, 7) is -0.899. The molecule has 0 bridgehead atoms. The van der Waals surface area contributed by atoms with Crippen LogP contribution in [0, 0.1) is 5.92 Å². The SMILES string of the molecule is OCC(C1=CCCc2ccccc21)C(F)(F)F. The zero-order valence-electron chi connectivity index (χ0n) is 9.17. The lowest BCUT2D eigenvalue weighted by Crippen LogP contribution is -2.28. The van der Waals surface area contributed by atoms with Crippen molar-refractivity contribution < 1.29 is 18.3 Å². The van der Waals surface area contributed by atoms with E-state index in [1.165, 1.54) is 0 Å². The van der Waals surface area contributed by atoms with Gasteiger partial charge in [-0.05, 0) is 29.5 Å². The maximum absolute atomic E-state index is 12.8. The summed E-state index contributed by atoms with van der Waals surface area (Å²) in [5, 5.41) is 8.98. The van der Waals surface area contributed by atoms with Crippen LogP contribution in [0.2, 0.25) is 0 Å². The second-order valence-corrected chi connectivity index (χ2v) is 4.13. The van der Waals surface area contributed by atoms with Gasteiger partial charge in [-0.1, -0.05) is 30.3 Å². The van der Waals surface area contributed by atoms with Gasteiger partial charge in [0.15, 0.2) is 0 Å². The Hall–Kier alpha value is -1.29. The molecule has 1 aliphatic rings. The highest BCUT2D eigenvalue weighted by atomic mass is 19.4. The van der Waals surface area contributed by atoms with Gasteiger partial charge in [-0.3, -0.25) is 0 Å². The van der Waals surface area contributed by atoms with Crippen LogP contribution >= 0.6 is 0 Å². The second-order valence-electron chi connectivity index (χ2n) is 4.13. The first-order chi connectivity index (χ1) is 8.04. The minimum Gasteiger partial charge on any atom is -0.395 e. The molecule has 17 heavy (non-hydrogen) atoms. The summed E-state index contributed by atoms with van der Waals surface area (Å²) in [6.07, 6.45) is -1.45. The minimum atomic E-state index is -4.40. The van der Waals surface area contributed by atoms with E-state index in [0.717, 1.165) is 12.0 Å². The van der Waals surface area contributed by atoms with Gasteiger partial charge in [0, 0.05) is 0 Å². The molecule has 1 N–H and O–H groups in total. The van der Waals surface area contributed by atoms with Crippen LogP contribution in [0.15, 0.2) is 30.3 Å². The largest absolute Gasteiger partial charge is 0.397 e. The number of halogens is 3. The molecule has 0 saturated heterocycles. The standard InChI is InChI=1S/C13H13F3O/c14-13(15,16)12(8-17)11-7-3-5-9-4-1-2-6-10(9)11/h1-2,4,6-7,12,17H,3,5,8H2.